The fourth-order valence-electron chi connectivity index (χ4n) is 11.2. The summed E-state index contributed by atoms with van der Waals surface area (Å²) in [6.07, 6.45) is 8.10. The molecule has 34 nitrogen and oxygen atoms in total. The molecule has 0 aliphatic carbocycles. The largest absolute Gasteiger partial charge is 0.480 e. The van der Waals surface area contributed by atoms with Crippen LogP contribution >= 0.6 is 0 Å². The topological polar surface area (TPSA) is 531 Å². The number of aromatic nitrogens is 6. The van der Waals surface area contributed by atoms with Crippen molar-refractivity contribution in [3.05, 3.63) is 198 Å². The van der Waals surface area contributed by atoms with E-state index in [-0.39, 0.29) is 70.3 Å². The lowest BCUT2D eigenvalue weighted by atomic mass is 9.97. The van der Waals surface area contributed by atoms with E-state index < -0.39 is 150 Å². The Morgan fingerprint density at radius 1 is 0.421 bits per heavy atom. The SMILES string of the molecule is CC[C@H](C)[C@H](NC(=O)[C@H](Cc1ccccc1)NC(=O)[C@H](C)NC(=O)[C@H](Cc1ccccc1)NC(=O)CNC(=O)[C@H](Cc1ccccc1)NC(=O)[C@@H](N)Cc1ccccc1)C(=O)NCC(=O)N[C@@H](CCCNC(=N)N)C(=O)N[C@@H](Cc1c[nH]cn1)C(=O)N[C@@H](Cc1c[nH]cn1)C(=O)N[C@@H](Cc1c[nH]cn1)C(=O)O. The number of carbonyl (C=O) groups excluding carboxylic acids is 11. The van der Waals surface area contributed by atoms with Crippen LogP contribution in [0.1, 0.15) is 79.4 Å². The maximum atomic E-state index is 14.6. The summed E-state index contributed by atoms with van der Waals surface area (Å²) in [7, 11) is 0. The smallest absolute Gasteiger partial charge is 0.326 e. The molecule has 0 saturated heterocycles. The first-order valence-electron chi connectivity index (χ1n) is 34.8. The number of hydrogen-bond acceptors (Lipinski definition) is 17. The number of guanidine groups is 1. The maximum absolute atomic E-state index is 14.6. The summed E-state index contributed by atoms with van der Waals surface area (Å²) in [6, 6.07) is 21.9. The van der Waals surface area contributed by atoms with Gasteiger partial charge in [-0.05, 0) is 54.4 Å². The van der Waals surface area contributed by atoms with Crippen molar-refractivity contribution < 1.29 is 62.6 Å². The third kappa shape index (κ3) is 27.8. The van der Waals surface area contributed by atoms with E-state index in [1.807, 2.05) is 30.3 Å². The van der Waals surface area contributed by atoms with Crippen molar-refractivity contribution in [3.8, 4) is 0 Å². The summed E-state index contributed by atoms with van der Waals surface area (Å²) >= 11 is 0. The fraction of sp³-hybridized carbons (Fsp3) is 0.370. The molecule has 0 bridgehead atoms. The molecule has 7 aromatic rings. The number of nitrogens with one attached hydrogen (secondary N) is 16. The summed E-state index contributed by atoms with van der Waals surface area (Å²) in [4.78, 5) is 188. The lowest BCUT2D eigenvalue weighted by molar-refractivity contribution is -0.142. The second-order valence-corrected chi connectivity index (χ2v) is 25.6. The zero-order chi connectivity index (χ0) is 77.2. The second kappa shape index (κ2) is 42.2. The highest BCUT2D eigenvalue weighted by atomic mass is 16.4. The number of aromatic amines is 3. The molecular weight excluding hydrogens is 1380 g/mol. The van der Waals surface area contributed by atoms with E-state index in [0.29, 0.717) is 40.2 Å². The normalized spacial score (nSPS) is 14.1. The highest BCUT2D eigenvalue weighted by Gasteiger charge is 2.36. The quantitative estimate of drug-likeness (QED) is 0.0114. The maximum Gasteiger partial charge on any atom is 0.326 e. The van der Waals surface area contributed by atoms with Crippen LogP contribution in [0.3, 0.4) is 0 Å². The van der Waals surface area contributed by atoms with Crippen molar-refractivity contribution in [1.82, 2.24) is 93.7 Å². The van der Waals surface area contributed by atoms with Gasteiger partial charge in [0.05, 0.1) is 55.2 Å². The highest BCUT2D eigenvalue weighted by Crippen LogP contribution is 2.14. The minimum absolute atomic E-state index is 0.0565. The van der Waals surface area contributed by atoms with E-state index in [1.54, 1.807) is 105 Å². The van der Waals surface area contributed by atoms with Crippen LogP contribution in [0.5, 0.6) is 0 Å². The summed E-state index contributed by atoms with van der Waals surface area (Å²) in [6.45, 7) is 3.48. The van der Waals surface area contributed by atoms with Gasteiger partial charge in [-0.25, -0.2) is 19.7 Å². The minimum Gasteiger partial charge on any atom is -0.480 e. The van der Waals surface area contributed by atoms with E-state index >= 15 is 0 Å². The molecule has 3 heterocycles. The van der Waals surface area contributed by atoms with Crippen LogP contribution in [0.2, 0.25) is 0 Å². The standard InChI is InChI=1S/C73H93N21O13/c1-4-43(2)62(71(105)82-39-60(95)87-53(26-17-27-80-73(75)76)66(100)91-57(32-49-35-77-40-83-49)68(102)92-58(33-50-36-78-41-84-50)69(103)93-59(72(106)107)34-51-37-79-42-85-51)94-70(104)56(31-48-24-15-8-16-25-48)89-63(97)44(3)86-67(101)55(30-47-22-13-7-14-23-47)88-61(96)38-81-65(99)54(29-46-20-11-6-12-21-46)90-64(98)52(74)28-45-18-9-5-10-19-45/h5-16,18-25,35-37,40-44,52-59,62H,4,17,26-34,38-39,74H2,1-3H3,(H,77,83)(H,78,84)(H,79,85)(H,81,99)(H,82,105)(H,86,101)(H,87,95)(H,88,96)(H,89,97)(H,90,98)(H,91,100)(H,92,102)(H,93,103)(H,94,104)(H,106,107)(H4,75,76,80)/t43-,44-,52-,53-,54-,55-,56-,57-,58-,59-,62-/m0/s1. The van der Waals surface area contributed by atoms with Crippen LogP contribution in [0.4, 0.5) is 0 Å². The number of imidazole rings is 3. The molecule has 11 amide bonds. The number of rotatable bonds is 43. The van der Waals surface area contributed by atoms with Gasteiger partial charge in [-0.2, -0.15) is 0 Å². The Bertz CT molecular complexity index is 4050. The van der Waals surface area contributed by atoms with Gasteiger partial charge in [0.2, 0.25) is 65.0 Å². The number of H-pyrrole nitrogens is 3. The third-order valence-electron chi connectivity index (χ3n) is 17.2. The van der Waals surface area contributed by atoms with E-state index in [1.165, 1.54) is 44.5 Å². The number of benzene rings is 4. The van der Waals surface area contributed by atoms with E-state index in [4.69, 9.17) is 16.9 Å². The van der Waals surface area contributed by atoms with Crippen LogP contribution in [0.25, 0.3) is 0 Å². The third-order valence-corrected chi connectivity index (χ3v) is 17.2. The molecule has 0 aliphatic rings. The zero-order valence-electron chi connectivity index (χ0n) is 59.4. The van der Waals surface area contributed by atoms with Crippen molar-refractivity contribution in [2.45, 2.75) is 145 Å². The van der Waals surface area contributed by atoms with Gasteiger partial charge in [0, 0.05) is 63.7 Å². The Morgan fingerprint density at radius 2 is 0.776 bits per heavy atom. The van der Waals surface area contributed by atoms with Gasteiger partial charge in [0.25, 0.3) is 0 Å². The molecular formula is C73H93N21O13. The lowest BCUT2D eigenvalue weighted by Gasteiger charge is -2.28. The molecule has 0 radical (unpaired) electrons. The minimum atomic E-state index is -1.50. The van der Waals surface area contributed by atoms with E-state index in [9.17, 15) is 62.6 Å². The van der Waals surface area contributed by atoms with Gasteiger partial charge < -0.3 is 95.3 Å². The molecule has 107 heavy (non-hydrogen) atoms. The van der Waals surface area contributed by atoms with Gasteiger partial charge in [-0.1, -0.05) is 142 Å². The van der Waals surface area contributed by atoms with Crippen molar-refractivity contribution >= 4 is 76.9 Å². The Morgan fingerprint density at radius 3 is 1.21 bits per heavy atom. The molecule has 0 saturated carbocycles. The molecule has 34 heteroatoms. The van der Waals surface area contributed by atoms with E-state index in [2.05, 4.69) is 93.7 Å². The number of carbonyl (C=O) groups is 12. The molecule has 21 N–H and O–H groups in total. The summed E-state index contributed by atoms with van der Waals surface area (Å²) in [5, 5.41) is 49.2. The Hall–Kier alpha value is -12.6. The van der Waals surface area contributed by atoms with Crippen LogP contribution in [-0.4, -0.2) is 192 Å². The van der Waals surface area contributed by atoms with Crippen molar-refractivity contribution in [2.75, 3.05) is 19.6 Å². The first-order chi connectivity index (χ1) is 51.4. The molecule has 0 unspecified atom stereocenters. The molecule has 4 aromatic carbocycles. The molecule has 7 rings (SSSR count). The number of nitrogens with two attached hydrogens (primary N) is 2. The van der Waals surface area contributed by atoms with Gasteiger partial charge in [0.1, 0.15) is 54.4 Å². The molecule has 0 spiro atoms. The van der Waals surface area contributed by atoms with Crippen LogP contribution in [-0.2, 0) is 102 Å². The number of carboxylic acids is 1. The number of aliphatic carboxylic acids is 1. The molecule has 3 aromatic heterocycles. The van der Waals surface area contributed by atoms with Gasteiger partial charge in [-0.15, -0.1) is 0 Å². The van der Waals surface area contributed by atoms with E-state index in [0.717, 1.165) is 5.56 Å². The summed E-state index contributed by atoms with van der Waals surface area (Å²) in [5.41, 5.74) is 15.5. The van der Waals surface area contributed by atoms with Gasteiger partial charge >= 0.3 is 5.97 Å². The first kappa shape index (κ1) is 81.7. The Labute approximate surface area is 616 Å². The molecule has 568 valence electrons. The summed E-state index contributed by atoms with van der Waals surface area (Å²) in [5.74, 6) is -11.4. The monoisotopic (exact) mass is 1470 g/mol. The van der Waals surface area contributed by atoms with Crippen molar-refractivity contribution in [2.24, 2.45) is 17.4 Å². The summed E-state index contributed by atoms with van der Waals surface area (Å²) < 4.78 is 0. The number of amides is 11. The average Bonchev–Trinajstić information content (AvgIpc) is 1.71. The second-order valence-electron chi connectivity index (χ2n) is 25.6. The van der Waals surface area contributed by atoms with Crippen LogP contribution < -0.4 is 75.3 Å². The molecule has 0 fully saturated rings. The average molecular weight is 1470 g/mol. The van der Waals surface area contributed by atoms with Gasteiger partial charge in [0.15, 0.2) is 5.96 Å². The fourth-order valence-corrected chi connectivity index (χ4v) is 11.2. The highest BCUT2D eigenvalue weighted by molar-refractivity contribution is 5.99. The first-order valence-corrected chi connectivity index (χ1v) is 34.8. The van der Waals surface area contributed by atoms with Gasteiger partial charge in [-0.3, -0.25) is 58.1 Å². The van der Waals surface area contributed by atoms with Crippen molar-refractivity contribution in [1.29, 1.82) is 5.41 Å². The van der Waals surface area contributed by atoms with Crippen molar-refractivity contribution in [3.63, 3.8) is 0 Å². The Kier molecular flexibility index (Phi) is 32.2. The molecule has 11 atom stereocenters. The van der Waals surface area contributed by atoms with Crippen LogP contribution in [0.15, 0.2) is 159 Å². The predicted molar refractivity (Wildman–Crippen MR) is 391 cm³/mol. The Balaban J connectivity index is 1.00. The van der Waals surface area contributed by atoms with Crippen LogP contribution in [0, 0.1) is 11.3 Å². The predicted octanol–water partition coefficient (Wildman–Crippen LogP) is -1.81. The lowest BCUT2D eigenvalue weighted by Crippen LogP contribution is -2.60. The molecule has 0 aliphatic heterocycles. The number of hydrogen-bond donors (Lipinski definition) is 19. The zero-order valence-corrected chi connectivity index (χ0v) is 59.4. The number of nitrogens with zero attached hydrogens (tertiary/aromatic N) is 3. The number of carboxylic acid groups (broad SMARTS) is 1.